The first-order valence-corrected chi connectivity index (χ1v) is 11.7. The van der Waals surface area contributed by atoms with E-state index < -0.39 is 8.07 Å². The zero-order valence-corrected chi connectivity index (χ0v) is 15.1. The summed E-state index contributed by atoms with van der Waals surface area (Å²) in [6.07, 6.45) is 2.86. The van der Waals surface area contributed by atoms with Crippen molar-refractivity contribution in [2.75, 3.05) is 33.4 Å². The second kappa shape index (κ2) is 8.75. The van der Waals surface area contributed by atoms with E-state index in [2.05, 4.69) is 19.6 Å². The van der Waals surface area contributed by atoms with Gasteiger partial charge in [0.15, 0.2) is 0 Å². The summed E-state index contributed by atoms with van der Waals surface area (Å²) >= 11 is 0. The predicted molar refractivity (Wildman–Crippen MR) is 88.3 cm³/mol. The Kier molecular flexibility index (Phi) is 7.69. The minimum Gasteiger partial charge on any atom is -0.450 e. The first kappa shape index (κ1) is 18.5. The van der Waals surface area contributed by atoms with Crippen molar-refractivity contribution < 1.29 is 14.3 Å². The summed E-state index contributed by atoms with van der Waals surface area (Å²) in [6, 6.07) is 1.02. The molecule has 0 radical (unpaired) electrons. The van der Waals surface area contributed by atoms with Crippen molar-refractivity contribution in [3.63, 3.8) is 0 Å². The summed E-state index contributed by atoms with van der Waals surface area (Å²) in [5.74, 6) is 0.630. The summed E-state index contributed by atoms with van der Waals surface area (Å²) < 4.78 is 10.7. The van der Waals surface area contributed by atoms with Crippen molar-refractivity contribution in [3.8, 4) is 0 Å². The zero-order chi connectivity index (χ0) is 15.9. The van der Waals surface area contributed by atoms with Gasteiger partial charge in [-0.3, -0.25) is 0 Å². The number of amides is 1. The monoisotopic (exact) mass is 316 g/mol. The van der Waals surface area contributed by atoms with Gasteiger partial charge in [0, 0.05) is 40.9 Å². The van der Waals surface area contributed by atoms with Gasteiger partial charge < -0.3 is 20.1 Å². The molecule has 1 saturated heterocycles. The van der Waals surface area contributed by atoms with Crippen LogP contribution in [0.15, 0.2) is 0 Å². The molecule has 1 unspecified atom stereocenters. The Labute approximate surface area is 130 Å². The third kappa shape index (κ3) is 8.43. The number of likely N-dealkylation sites (N-methyl/N-ethyl adjacent to an activating group) is 1. The number of nitrogens with zero attached hydrogens (tertiary/aromatic N) is 1. The van der Waals surface area contributed by atoms with E-state index in [1.807, 2.05) is 0 Å². The largest absolute Gasteiger partial charge is 0.450 e. The maximum absolute atomic E-state index is 11.9. The zero-order valence-electron chi connectivity index (χ0n) is 14.1. The Morgan fingerprint density at radius 2 is 2.00 bits per heavy atom. The highest BCUT2D eigenvalue weighted by Gasteiger charge is 2.20. The van der Waals surface area contributed by atoms with Gasteiger partial charge in [-0.25, -0.2) is 4.79 Å². The van der Waals surface area contributed by atoms with E-state index in [1.54, 1.807) is 11.9 Å². The molecule has 0 aromatic heterocycles. The molecule has 0 bridgehead atoms. The lowest BCUT2D eigenvalue weighted by Gasteiger charge is -2.27. The molecule has 2 N–H and O–H groups in total. The van der Waals surface area contributed by atoms with Crippen molar-refractivity contribution in [2.24, 2.45) is 11.7 Å². The van der Waals surface area contributed by atoms with Gasteiger partial charge in [-0.1, -0.05) is 19.6 Å². The molecule has 0 aromatic carbocycles. The van der Waals surface area contributed by atoms with Crippen LogP contribution in [0.3, 0.4) is 0 Å². The van der Waals surface area contributed by atoms with Crippen molar-refractivity contribution >= 4 is 14.2 Å². The molecule has 1 fully saturated rings. The van der Waals surface area contributed by atoms with Crippen LogP contribution in [0, 0.1) is 5.92 Å². The maximum Gasteiger partial charge on any atom is 0.409 e. The van der Waals surface area contributed by atoms with Crippen LogP contribution in [-0.4, -0.2) is 58.5 Å². The molecule has 21 heavy (non-hydrogen) atoms. The van der Waals surface area contributed by atoms with Crippen LogP contribution >= 0.6 is 0 Å². The molecule has 1 atom stereocenters. The Bertz CT molecular complexity index is 315. The summed E-state index contributed by atoms with van der Waals surface area (Å²) in [7, 11) is 0.612. The number of carbonyl (C=O) groups is 1. The standard InChI is InChI=1S/C15H32N2O3Si/c1-17(15(18)20-9-10-21(2,3)4)12-14(16)11-13-5-7-19-8-6-13/h13-14H,5-12,16H2,1-4H3. The maximum atomic E-state index is 11.9. The number of carbonyl (C=O) groups excluding carboxylic acids is 1. The van der Waals surface area contributed by atoms with Gasteiger partial charge in [0.25, 0.3) is 0 Å². The lowest BCUT2D eigenvalue weighted by atomic mass is 9.93. The highest BCUT2D eigenvalue weighted by Crippen LogP contribution is 2.19. The number of ether oxygens (including phenoxy) is 2. The van der Waals surface area contributed by atoms with Gasteiger partial charge in [0.1, 0.15) is 0 Å². The SMILES string of the molecule is CN(CC(N)CC1CCOCC1)C(=O)OCC[Si](C)(C)C. The van der Waals surface area contributed by atoms with Crippen LogP contribution in [0.1, 0.15) is 19.3 Å². The average molecular weight is 317 g/mol. The Hall–Kier alpha value is -0.593. The van der Waals surface area contributed by atoms with Crippen molar-refractivity contribution in [1.29, 1.82) is 0 Å². The molecule has 5 nitrogen and oxygen atoms in total. The quantitative estimate of drug-likeness (QED) is 0.733. The first-order valence-electron chi connectivity index (χ1n) is 7.99. The molecule has 0 saturated carbocycles. The molecule has 0 spiro atoms. The first-order chi connectivity index (χ1) is 9.78. The van der Waals surface area contributed by atoms with Crippen LogP contribution in [-0.2, 0) is 9.47 Å². The van der Waals surface area contributed by atoms with E-state index in [0.29, 0.717) is 19.1 Å². The highest BCUT2D eigenvalue weighted by molar-refractivity contribution is 6.76. The minimum atomic E-state index is -1.15. The number of rotatable bonds is 7. The number of hydrogen-bond acceptors (Lipinski definition) is 4. The normalized spacial score (nSPS) is 18.3. The molecule has 6 heteroatoms. The van der Waals surface area contributed by atoms with E-state index in [1.165, 1.54) is 0 Å². The van der Waals surface area contributed by atoms with Gasteiger partial charge in [-0.2, -0.15) is 0 Å². The predicted octanol–water partition coefficient (Wildman–Crippen LogP) is 2.54. The number of hydrogen-bond donors (Lipinski definition) is 1. The Morgan fingerprint density at radius 3 is 2.57 bits per heavy atom. The van der Waals surface area contributed by atoms with Gasteiger partial charge in [0.2, 0.25) is 0 Å². The highest BCUT2D eigenvalue weighted by atomic mass is 28.3. The molecule has 0 aromatic rings. The molecule has 1 heterocycles. The Morgan fingerprint density at radius 1 is 1.38 bits per heavy atom. The molecule has 1 amide bonds. The molecule has 1 aliphatic rings. The fourth-order valence-electron chi connectivity index (χ4n) is 2.47. The van der Waals surface area contributed by atoms with Crippen molar-refractivity contribution in [1.82, 2.24) is 4.90 Å². The Balaban J connectivity index is 2.21. The summed E-state index contributed by atoms with van der Waals surface area (Å²) in [5.41, 5.74) is 6.16. The topological polar surface area (TPSA) is 64.8 Å². The lowest BCUT2D eigenvalue weighted by Crippen LogP contribution is -2.40. The van der Waals surface area contributed by atoms with Crippen LogP contribution in [0.2, 0.25) is 25.7 Å². The van der Waals surface area contributed by atoms with Gasteiger partial charge in [0.05, 0.1) is 6.61 Å². The smallest absolute Gasteiger partial charge is 0.409 e. The summed E-state index contributed by atoms with van der Waals surface area (Å²) in [5, 5.41) is 0. The molecular weight excluding hydrogens is 284 g/mol. The number of nitrogens with two attached hydrogens (primary N) is 1. The average Bonchev–Trinajstić information content (AvgIpc) is 2.38. The third-order valence-corrected chi connectivity index (χ3v) is 5.58. The summed E-state index contributed by atoms with van der Waals surface area (Å²) in [4.78, 5) is 13.5. The van der Waals surface area contributed by atoms with Crippen LogP contribution in [0.4, 0.5) is 4.79 Å². The van der Waals surface area contributed by atoms with E-state index in [-0.39, 0.29) is 12.1 Å². The van der Waals surface area contributed by atoms with Crippen LogP contribution in [0.5, 0.6) is 0 Å². The fourth-order valence-corrected chi connectivity index (χ4v) is 3.18. The van der Waals surface area contributed by atoms with Gasteiger partial charge >= 0.3 is 6.09 Å². The fraction of sp³-hybridized carbons (Fsp3) is 0.933. The van der Waals surface area contributed by atoms with E-state index >= 15 is 0 Å². The second-order valence-corrected chi connectivity index (χ2v) is 13.0. The van der Waals surface area contributed by atoms with Crippen LogP contribution in [0.25, 0.3) is 0 Å². The van der Waals surface area contributed by atoms with Gasteiger partial charge in [-0.05, 0) is 31.2 Å². The third-order valence-electron chi connectivity index (χ3n) is 3.87. The molecular formula is C15H32N2O3Si. The molecule has 1 rings (SSSR count). The minimum absolute atomic E-state index is 0.0163. The lowest BCUT2D eigenvalue weighted by molar-refractivity contribution is 0.0600. The summed E-state index contributed by atoms with van der Waals surface area (Å²) in [6.45, 7) is 9.58. The molecule has 124 valence electrons. The second-order valence-electron chi connectivity index (χ2n) is 7.36. The van der Waals surface area contributed by atoms with Crippen molar-refractivity contribution in [3.05, 3.63) is 0 Å². The van der Waals surface area contributed by atoms with E-state index in [0.717, 1.165) is 38.5 Å². The van der Waals surface area contributed by atoms with Crippen LogP contribution < -0.4 is 5.73 Å². The van der Waals surface area contributed by atoms with E-state index in [4.69, 9.17) is 15.2 Å². The molecule has 1 aliphatic heterocycles. The van der Waals surface area contributed by atoms with E-state index in [9.17, 15) is 4.79 Å². The van der Waals surface area contributed by atoms with Crippen molar-refractivity contribution in [2.45, 2.75) is 51.0 Å². The van der Waals surface area contributed by atoms with Gasteiger partial charge in [-0.15, -0.1) is 0 Å². The molecule has 0 aliphatic carbocycles.